The molecule has 0 atom stereocenters. The normalized spacial score (nSPS) is 13.2. The van der Waals surface area contributed by atoms with Gasteiger partial charge in [-0.05, 0) is 76.4 Å². The molecule has 2 aromatic heterocycles. The molecule has 0 aliphatic carbocycles. The second-order valence-electron chi connectivity index (χ2n) is 10.2. The van der Waals surface area contributed by atoms with Gasteiger partial charge in [0.25, 0.3) is 11.5 Å². The predicted molar refractivity (Wildman–Crippen MR) is 169 cm³/mol. The van der Waals surface area contributed by atoms with Gasteiger partial charge in [-0.2, -0.15) is 0 Å². The maximum atomic E-state index is 14.4. The van der Waals surface area contributed by atoms with Crippen LogP contribution in [0.1, 0.15) is 56.1 Å². The topological polar surface area (TPSA) is 64.4 Å². The van der Waals surface area contributed by atoms with Crippen molar-refractivity contribution in [2.75, 3.05) is 19.7 Å². The van der Waals surface area contributed by atoms with Gasteiger partial charge in [0, 0.05) is 35.1 Å². The van der Waals surface area contributed by atoms with Crippen LogP contribution in [0.3, 0.4) is 0 Å². The summed E-state index contributed by atoms with van der Waals surface area (Å²) in [6.45, 7) is 7.60. The van der Waals surface area contributed by atoms with Crippen molar-refractivity contribution in [3.63, 3.8) is 0 Å². The summed E-state index contributed by atoms with van der Waals surface area (Å²) in [5.41, 5.74) is 3.92. The molecule has 41 heavy (non-hydrogen) atoms. The van der Waals surface area contributed by atoms with Crippen LogP contribution in [0.4, 0.5) is 0 Å². The number of piperidine rings is 1. The van der Waals surface area contributed by atoms with Gasteiger partial charge in [0.1, 0.15) is 10.8 Å². The molecule has 9 heteroatoms. The molecule has 5 rings (SSSR count). The maximum Gasteiger partial charge on any atom is 0.265 e. The molecular weight excluding hydrogens is 577 g/mol. The van der Waals surface area contributed by atoms with E-state index in [-0.39, 0.29) is 11.5 Å². The number of pyridine rings is 1. The number of hydrogen-bond donors (Lipinski definition) is 0. The van der Waals surface area contributed by atoms with Crippen LogP contribution in [-0.2, 0) is 0 Å². The summed E-state index contributed by atoms with van der Waals surface area (Å²) in [5.74, 6) is 0.467. The van der Waals surface area contributed by atoms with E-state index in [1.807, 2.05) is 49.3 Å². The lowest BCUT2D eigenvalue weighted by Gasteiger charge is -2.28. The molecule has 0 N–H and O–H groups in total. The molecule has 212 valence electrons. The Morgan fingerprint density at radius 3 is 2.46 bits per heavy atom. The number of hydrogen-bond acceptors (Lipinski definition) is 5. The van der Waals surface area contributed by atoms with Gasteiger partial charge < -0.3 is 9.64 Å². The molecule has 4 aromatic rings. The van der Waals surface area contributed by atoms with Gasteiger partial charge in [0.05, 0.1) is 39.8 Å². The number of carbonyl (C=O) groups is 1. The van der Waals surface area contributed by atoms with Gasteiger partial charge in [-0.15, -0.1) is 11.3 Å². The largest absolute Gasteiger partial charge is 0.494 e. The second kappa shape index (κ2) is 12.6. The average Bonchev–Trinajstić information content (AvgIpc) is 3.45. The van der Waals surface area contributed by atoms with Crippen LogP contribution in [-0.4, -0.2) is 40.1 Å². The first-order valence-corrected chi connectivity index (χ1v) is 15.3. The Morgan fingerprint density at radius 1 is 1.05 bits per heavy atom. The molecule has 0 bridgehead atoms. The standard InChI is InChI=1S/C32H31Cl2N3O3S/c1-4-40-23-12-13-26(34)29(17-23)37-28(16-20(2)3)24(31(38)36-14-6-5-7-15-36)18-25(32(37)39)30-35-27(19-41-30)21-8-10-22(33)11-9-21/h8-13,16-19H,4-7,14-15H2,1-3H3. The third kappa shape index (κ3) is 6.27. The zero-order valence-electron chi connectivity index (χ0n) is 23.2. The van der Waals surface area contributed by atoms with E-state index in [9.17, 15) is 9.59 Å². The lowest BCUT2D eigenvalue weighted by Crippen LogP contribution is -2.37. The van der Waals surface area contributed by atoms with E-state index in [0.717, 1.165) is 36.1 Å². The van der Waals surface area contributed by atoms with Crippen molar-refractivity contribution in [3.8, 4) is 33.3 Å². The summed E-state index contributed by atoms with van der Waals surface area (Å²) >= 11 is 14.2. The number of benzene rings is 2. The van der Waals surface area contributed by atoms with Crippen LogP contribution >= 0.6 is 34.5 Å². The molecule has 0 spiro atoms. The van der Waals surface area contributed by atoms with Gasteiger partial charge >= 0.3 is 0 Å². The molecule has 3 heterocycles. The van der Waals surface area contributed by atoms with Crippen molar-refractivity contribution in [1.29, 1.82) is 0 Å². The number of carbonyl (C=O) groups excluding carboxylic acids is 1. The fraction of sp³-hybridized carbons (Fsp3) is 0.281. The highest BCUT2D eigenvalue weighted by Gasteiger charge is 2.27. The molecule has 0 radical (unpaired) electrons. The lowest BCUT2D eigenvalue weighted by molar-refractivity contribution is 0.0723. The quantitative estimate of drug-likeness (QED) is 0.211. The van der Waals surface area contributed by atoms with Crippen molar-refractivity contribution >= 4 is 46.5 Å². The van der Waals surface area contributed by atoms with Crippen molar-refractivity contribution in [2.24, 2.45) is 0 Å². The molecule has 6 nitrogen and oxygen atoms in total. The molecule has 1 saturated heterocycles. The number of allylic oxidation sites excluding steroid dienone is 1. The van der Waals surface area contributed by atoms with Gasteiger partial charge in [-0.1, -0.05) is 40.9 Å². The molecule has 1 amide bonds. The summed E-state index contributed by atoms with van der Waals surface area (Å²) in [7, 11) is 0. The third-order valence-electron chi connectivity index (χ3n) is 6.88. The Balaban J connectivity index is 1.78. The summed E-state index contributed by atoms with van der Waals surface area (Å²) in [6.07, 6.45) is 4.87. The van der Waals surface area contributed by atoms with Crippen molar-refractivity contribution in [1.82, 2.24) is 14.5 Å². The van der Waals surface area contributed by atoms with Gasteiger partial charge in [0.2, 0.25) is 0 Å². The number of aromatic nitrogens is 2. The fourth-order valence-electron chi connectivity index (χ4n) is 4.95. The van der Waals surface area contributed by atoms with Crippen LogP contribution in [0.5, 0.6) is 5.75 Å². The van der Waals surface area contributed by atoms with E-state index in [1.165, 1.54) is 15.9 Å². The number of thiazole rings is 1. The maximum absolute atomic E-state index is 14.4. The van der Waals surface area contributed by atoms with Crippen LogP contribution in [0.15, 0.2) is 64.3 Å². The first kappa shape index (κ1) is 29.1. The molecule has 2 aromatic carbocycles. The number of rotatable bonds is 7. The first-order chi connectivity index (χ1) is 19.8. The third-order valence-corrected chi connectivity index (χ3v) is 8.33. The number of ether oxygens (including phenoxy) is 1. The fourth-order valence-corrected chi connectivity index (χ4v) is 6.11. The van der Waals surface area contributed by atoms with E-state index in [1.54, 1.807) is 36.4 Å². The summed E-state index contributed by atoms with van der Waals surface area (Å²) < 4.78 is 7.28. The smallest absolute Gasteiger partial charge is 0.265 e. The highest BCUT2D eigenvalue weighted by molar-refractivity contribution is 7.13. The van der Waals surface area contributed by atoms with E-state index in [4.69, 9.17) is 32.9 Å². The highest BCUT2D eigenvalue weighted by Crippen LogP contribution is 2.33. The number of halogens is 2. The molecule has 1 aliphatic heterocycles. The molecule has 1 fully saturated rings. The molecule has 1 aliphatic rings. The Kier molecular flexibility index (Phi) is 8.97. The monoisotopic (exact) mass is 607 g/mol. The Bertz CT molecular complexity index is 1660. The minimum Gasteiger partial charge on any atom is -0.494 e. The number of nitrogens with zero attached hydrogens (tertiary/aromatic N) is 3. The Labute approximate surface area is 253 Å². The van der Waals surface area contributed by atoms with E-state index in [2.05, 4.69) is 0 Å². The molecule has 0 saturated carbocycles. The zero-order valence-corrected chi connectivity index (χ0v) is 25.6. The lowest BCUT2D eigenvalue weighted by atomic mass is 10.0. The van der Waals surface area contributed by atoms with Crippen LogP contribution in [0.2, 0.25) is 10.0 Å². The van der Waals surface area contributed by atoms with Crippen LogP contribution in [0.25, 0.3) is 33.6 Å². The average molecular weight is 609 g/mol. The van der Waals surface area contributed by atoms with Gasteiger partial charge in [0.15, 0.2) is 0 Å². The minimum absolute atomic E-state index is 0.112. The minimum atomic E-state index is -0.319. The Hall–Kier alpha value is -3.39. The second-order valence-corrected chi connectivity index (χ2v) is 11.9. The van der Waals surface area contributed by atoms with Gasteiger partial charge in [-0.25, -0.2) is 4.98 Å². The summed E-state index contributed by atoms with van der Waals surface area (Å²) in [5, 5.41) is 3.42. The van der Waals surface area contributed by atoms with Crippen molar-refractivity contribution < 1.29 is 9.53 Å². The van der Waals surface area contributed by atoms with E-state index >= 15 is 0 Å². The van der Waals surface area contributed by atoms with Crippen molar-refractivity contribution in [2.45, 2.75) is 40.0 Å². The zero-order chi connectivity index (χ0) is 29.1. The van der Waals surface area contributed by atoms with Crippen LogP contribution in [0, 0.1) is 0 Å². The highest BCUT2D eigenvalue weighted by atomic mass is 35.5. The first-order valence-electron chi connectivity index (χ1n) is 13.7. The summed E-state index contributed by atoms with van der Waals surface area (Å²) in [4.78, 5) is 35.2. The van der Waals surface area contributed by atoms with E-state index in [0.29, 0.717) is 63.0 Å². The number of amides is 1. The SMILES string of the molecule is CCOc1ccc(Cl)c(-n2c(C=C(C)C)c(C(=O)N3CCCCC3)cc(-c3nc(-c4ccc(Cl)cc4)cs3)c2=O)c1. The van der Waals surface area contributed by atoms with E-state index < -0.39 is 0 Å². The predicted octanol–water partition coefficient (Wildman–Crippen LogP) is 8.38. The number of likely N-dealkylation sites (tertiary alicyclic amines) is 1. The van der Waals surface area contributed by atoms with Crippen molar-refractivity contribution in [3.05, 3.63) is 91.1 Å². The molecular formula is C32H31Cl2N3O3S. The molecule has 0 unspecified atom stereocenters. The Morgan fingerprint density at radius 2 is 1.78 bits per heavy atom. The van der Waals surface area contributed by atoms with Crippen LogP contribution < -0.4 is 10.3 Å². The summed E-state index contributed by atoms with van der Waals surface area (Å²) in [6, 6.07) is 14.3. The van der Waals surface area contributed by atoms with Gasteiger partial charge in [-0.3, -0.25) is 14.2 Å².